The maximum Gasteiger partial charge on any atom is 0.251 e. The Bertz CT molecular complexity index is 1050. The first-order chi connectivity index (χ1) is 13.7. The van der Waals surface area contributed by atoms with Crippen LogP contribution in [0.25, 0.3) is 5.65 Å². The number of methoxy groups -OCH3 is 1. The number of nitrogens with zero attached hydrogens (tertiary/aromatic N) is 4. The number of amides is 1. The molecule has 1 unspecified atom stereocenters. The fraction of sp³-hybridized carbons (Fsp3) is 0.318. The fourth-order valence-corrected chi connectivity index (χ4v) is 3.73. The molecule has 0 N–H and O–H groups in total. The Morgan fingerprint density at radius 1 is 1.11 bits per heavy atom. The molecule has 2 aromatic heterocycles. The van der Waals surface area contributed by atoms with Gasteiger partial charge in [-0.1, -0.05) is 6.07 Å². The van der Waals surface area contributed by atoms with E-state index in [0.717, 1.165) is 29.1 Å². The van der Waals surface area contributed by atoms with Crippen LogP contribution < -0.4 is 4.74 Å². The summed E-state index contributed by atoms with van der Waals surface area (Å²) in [4.78, 5) is 17.5. The Balaban J connectivity index is 1.32. The molecule has 1 atom stereocenters. The van der Waals surface area contributed by atoms with Crippen molar-refractivity contribution in [2.24, 2.45) is 5.10 Å². The third kappa shape index (κ3) is 3.15. The number of carbonyl (C=O) groups excluding carboxylic acids is 1. The van der Waals surface area contributed by atoms with E-state index in [1.807, 2.05) is 30.5 Å². The minimum Gasteiger partial charge on any atom is -0.497 e. The highest BCUT2D eigenvalue weighted by Gasteiger charge is 2.34. The molecule has 0 spiro atoms. The van der Waals surface area contributed by atoms with Crippen molar-refractivity contribution in [1.29, 1.82) is 0 Å². The summed E-state index contributed by atoms with van der Waals surface area (Å²) in [7, 11) is 1.64. The normalized spacial score (nSPS) is 19.8. The number of rotatable bonds is 5. The van der Waals surface area contributed by atoms with E-state index in [-0.39, 0.29) is 11.8 Å². The van der Waals surface area contributed by atoms with Gasteiger partial charge in [-0.05, 0) is 66.6 Å². The fourth-order valence-electron chi connectivity index (χ4n) is 3.73. The van der Waals surface area contributed by atoms with Crippen LogP contribution in [0, 0.1) is 0 Å². The third-order valence-electron chi connectivity index (χ3n) is 5.54. The van der Waals surface area contributed by atoms with Crippen molar-refractivity contribution in [2.45, 2.75) is 31.1 Å². The average molecular weight is 374 g/mol. The quantitative estimate of drug-likeness (QED) is 0.642. The van der Waals surface area contributed by atoms with Crippen molar-refractivity contribution in [1.82, 2.24) is 14.4 Å². The lowest BCUT2D eigenvalue weighted by Crippen LogP contribution is -2.21. The number of ether oxygens (including phenoxy) is 1. The Hall–Kier alpha value is -3.15. The van der Waals surface area contributed by atoms with Crippen LogP contribution in [-0.4, -0.2) is 40.2 Å². The minimum atomic E-state index is -0.225. The minimum absolute atomic E-state index is 0.00980. The molecule has 1 aliphatic heterocycles. The van der Waals surface area contributed by atoms with Gasteiger partial charge in [0.15, 0.2) is 0 Å². The number of aromatic nitrogens is 2. The molecule has 1 amide bonds. The van der Waals surface area contributed by atoms with E-state index < -0.39 is 0 Å². The molecule has 1 aromatic carbocycles. The monoisotopic (exact) mass is 374 g/mol. The molecular formula is C22H22N4O2. The molecule has 1 saturated heterocycles. The highest BCUT2D eigenvalue weighted by molar-refractivity contribution is 5.87. The largest absolute Gasteiger partial charge is 0.497 e. The van der Waals surface area contributed by atoms with Gasteiger partial charge >= 0.3 is 0 Å². The first-order valence-electron chi connectivity index (χ1n) is 9.69. The topological polar surface area (TPSA) is 59.2 Å². The van der Waals surface area contributed by atoms with Crippen LogP contribution in [0.5, 0.6) is 5.75 Å². The lowest BCUT2D eigenvalue weighted by atomic mass is 10.1. The van der Waals surface area contributed by atoms with Crippen molar-refractivity contribution in [3.63, 3.8) is 0 Å². The molecule has 2 aliphatic rings. The van der Waals surface area contributed by atoms with Gasteiger partial charge in [0.25, 0.3) is 5.91 Å². The Morgan fingerprint density at radius 3 is 2.68 bits per heavy atom. The van der Waals surface area contributed by atoms with Crippen molar-refractivity contribution in [3.8, 4) is 5.75 Å². The van der Waals surface area contributed by atoms with Crippen LogP contribution in [-0.2, 0) is 4.79 Å². The molecule has 3 aromatic rings. The molecule has 6 nitrogen and oxygen atoms in total. The van der Waals surface area contributed by atoms with E-state index in [1.54, 1.807) is 18.3 Å². The second-order valence-corrected chi connectivity index (χ2v) is 7.49. The summed E-state index contributed by atoms with van der Waals surface area (Å²) in [5.41, 5.74) is 4.02. The zero-order valence-electron chi connectivity index (χ0n) is 15.8. The number of hydrazone groups is 1. The molecule has 3 heterocycles. The molecule has 2 fully saturated rings. The van der Waals surface area contributed by atoms with E-state index in [4.69, 9.17) is 4.74 Å². The summed E-state index contributed by atoms with van der Waals surface area (Å²) in [6.07, 6.45) is 9.15. The van der Waals surface area contributed by atoms with Crippen LogP contribution in [0.3, 0.4) is 0 Å². The Labute approximate surface area is 163 Å². The summed E-state index contributed by atoms with van der Waals surface area (Å²) in [5, 5.41) is 5.94. The van der Waals surface area contributed by atoms with Crippen LogP contribution in [0.15, 0.2) is 53.9 Å². The lowest BCUT2D eigenvalue weighted by Gasteiger charge is -2.09. The summed E-state index contributed by atoms with van der Waals surface area (Å²) >= 11 is 0. The van der Waals surface area contributed by atoms with Gasteiger partial charge in [-0.15, -0.1) is 0 Å². The number of imidazole rings is 1. The lowest BCUT2D eigenvalue weighted by molar-refractivity contribution is -0.129. The third-order valence-corrected chi connectivity index (χ3v) is 5.54. The van der Waals surface area contributed by atoms with Crippen molar-refractivity contribution >= 4 is 17.8 Å². The van der Waals surface area contributed by atoms with Gasteiger partial charge in [-0.25, -0.2) is 9.99 Å². The maximum atomic E-state index is 12.8. The molecule has 5 rings (SSSR count). The second kappa shape index (κ2) is 6.78. The van der Waals surface area contributed by atoms with Crippen LogP contribution in [0.2, 0.25) is 0 Å². The zero-order chi connectivity index (χ0) is 19.1. The number of pyridine rings is 1. The summed E-state index contributed by atoms with van der Waals surface area (Å²) in [5.74, 6) is 1.28. The SMILES string of the molecule is COc1ccc(C=NN2CCC(c3cn4cc(C5CC5)ccc4n3)C2=O)cc1. The zero-order valence-corrected chi connectivity index (χ0v) is 15.8. The van der Waals surface area contributed by atoms with Gasteiger partial charge in [0.2, 0.25) is 0 Å². The van der Waals surface area contributed by atoms with Crippen LogP contribution in [0.4, 0.5) is 0 Å². The average Bonchev–Trinajstić information content (AvgIpc) is 3.39. The predicted octanol–water partition coefficient (Wildman–Crippen LogP) is 3.57. The van der Waals surface area contributed by atoms with Gasteiger partial charge in [-0.3, -0.25) is 4.79 Å². The van der Waals surface area contributed by atoms with E-state index in [2.05, 4.69) is 32.8 Å². The molecule has 142 valence electrons. The highest BCUT2D eigenvalue weighted by atomic mass is 16.5. The standard InChI is InChI=1S/C22H22N4O2/c1-28-18-7-2-15(3-8-18)12-23-26-11-10-19(22(26)27)20-14-25-13-17(16-4-5-16)6-9-21(25)24-20/h2-3,6-9,12-14,16,19H,4-5,10-11H2,1H3. The van der Waals surface area contributed by atoms with Crippen LogP contribution >= 0.6 is 0 Å². The highest BCUT2D eigenvalue weighted by Crippen LogP contribution is 2.40. The van der Waals surface area contributed by atoms with Crippen molar-refractivity contribution < 1.29 is 9.53 Å². The number of hydrogen-bond donors (Lipinski definition) is 0. The van der Waals surface area contributed by atoms with Crippen molar-refractivity contribution in [2.75, 3.05) is 13.7 Å². The summed E-state index contributed by atoms with van der Waals surface area (Å²) in [6.45, 7) is 0.608. The molecule has 0 bridgehead atoms. The number of hydrogen-bond acceptors (Lipinski definition) is 4. The van der Waals surface area contributed by atoms with Gasteiger partial charge in [0.1, 0.15) is 11.4 Å². The molecule has 0 radical (unpaired) electrons. The summed E-state index contributed by atoms with van der Waals surface area (Å²) < 4.78 is 7.21. The Morgan fingerprint density at radius 2 is 1.93 bits per heavy atom. The second-order valence-electron chi connectivity index (χ2n) is 7.49. The first kappa shape index (κ1) is 17.0. The van der Waals surface area contributed by atoms with E-state index in [1.165, 1.54) is 18.4 Å². The van der Waals surface area contributed by atoms with E-state index in [0.29, 0.717) is 12.5 Å². The number of benzene rings is 1. The Kier molecular flexibility index (Phi) is 4.11. The van der Waals surface area contributed by atoms with Crippen LogP contribution in [0.1, 0.15) is 47.9 Å². The molecular weight excluding hydrogens is 352 g/mol. The van der Waals surface area contributed by atoms with Gasteiger partial charge < -0.3 is 9.14 Å². The van der Waals surface area contributed by atoms with Gasteiger partial charge in [0.05, 0.1) is 24.9 Å². The number of fused-ring (bicyclic) bond motifs is 1. The van der Waals surface area contributed by atoms with Gasteiger partial charge in [0, 0.05) is 18.9 Å². The molecule has 1 saturated carbocycles. The van der Waals surface area contributed by atoms with Crippen molar-refractivity contribution in [3.05, 3.63) is 65.6 Å². The van der Waals surface area contributed by atoms with E-state index in [9.17, 15) is 4.79 Å². The molecule has 1 aliphatic carbocycles. The van der Waals surface area contributed by atoms with E-state index >= 15 is 0 Å². The predicted molar refractivity (Wildman–Crippen MR) is 107 cm³/mol. The first-order valence-corrected chi connectivity index (χ1v) is 9.69. The summed E-state index contributed by atoms with van der Waals surface area (Å²) in [6, 6.07) is 11.8. The maximum absolute atomic E-state index is 12.8. The smallest absolute Gasteiger partial charge is 0.251 e. The number of carbonyl (C=O) groups is 1. The molecule has 6 heteroatoms. The van der Waals surface area contributed by atoms with Gasteiger partial charge in [-0.2, -0.15) is 5.10 Å². The molecule has 28 heavy (non-hydrogen) atoms.